The number of carbonyl (C=O) groups excluding carboxylic acids is 2. The Balaban J connectivity index is 1.33. The number of pyridine rings is 1. The molecule has 3 aromatic heterocycles. The van der Waals surface area contributed by atoms with Gasteiger partial charge in [0.25, 0.3) is 5.91 Å². The lowest BCUT2D eigenvalue weighted by Crippen LogP contribution is -2.41. The van der Waals surface area contributed by atoms with Crippen LogP contribution in [0.2, 0.25) is 0 Å². The molecular formula is C25H31FN8O2. The van der Waals surface area contributed by atoms with Gasteiger partial charge < -0.3 is 21.3 Å². The van der Waals surface area contributed by atoms with Gasteiger partial charge in [0.2, 0.25) is 11.9 Å². The normalized spacial score (nSPS) is 19.8. The first-order valence-corrected chi connectivity index (χ1v) is 12.5. The van der Waals surface area contributed by atoms with Gasteiger partial charge in [0.05, 0.1) is 11.9 Å². The number of fused-ring (bicyclic) bond motifs is 1. The highest BCUT2D eigenvalue weighted by Crippen LogP contribution is 2.30. The number of hydrogen-bond acceptors (Lipinski definition) is 7. The van der Waals surface area contributed by atoms with Crippen LogP contribution in [0.4, 0.5) is 21.6 Å². The van der Waals surface area contributed by atoms with E-state index >= 15 is 0 Å². The van der Waals surface area contributed by atoms with E-state index in [4.69, 9.17) is 0 Å². The summed E-state index contributed by atoms with van der Waals surface area (Å²) in [6, 6.07) is 5.40. The lowest BCUT2D eigenvalue weighted by molar-refractivity contribution is -0.124. The number of aromatic nitrogens is 4. The van der Waals surface area contributed by atoms with Crippen LogP contribution in [0, 0.1) is 11.9 Å². The van der Waals surface area contributed by atoms with Crippen LogP contribution in [0.15, 0.2) is 30.6 Å². The zero-order chi connectivity index (χ0) is 25.2. The molecule has 4 N–H and O–H groups in total. The van der Waals surface area contributed by atoms with Gasteiger partial charge in [-0.1, -0.05) is 13.8 Å². The molecule has 0 saturated heterocycles. The van der Waals surface area contributed by atoms with Crippen molar-refractivity contribution in [2.75, 3.05) is 16.0 Å². The van der Waals surface area contributed by atoms with Gasteiger partial charge in [0.1, 0.15) is 5.82 Å². The fourth-order valence-electron chi connectivity index (χ4n) is 4.38. The Morgan fingerprint density at radius 2 is 1.69 bits per heavy atom. The molecule has 10 nitrogen and oxygen atoms in total. The van der Waals surface area contributed by atoms with E-state index in [9.17, 15) is 14.0 Å². The Labute approximate surface area is 208 Å². The van der Waals surface area contributed by atoms with Crippen molar-refractivity contribution < 1.29 is 14.0 Å². The van der Waals surface area contributed by atoms with Gasteiger partial charge in [-0.05, 0) is 44.6 Å². The molecule has 5 rings (SSSR count). The monoisotopic (exact) mass is 494 g/mol. The van der Waals surface area contributed by atoms with Crippen LogP contribution < -0.4 is 21.3 Å². The van der Waals surface area contributed by atoms with Gasteiger partial charge in [-0.15, -0.1) is 5.10 Å². The number of imidazole rings is 1. The first kappa shape index (κ1) is 24.0. The summed E-state index contributed by atoms with van der Waals surface area (Å²) >= 11 is 0. The SMILES string of the molecule is CC(C)C(=O)N[C@H]1CC[C@H](Nc2cc(NC3CC3)c3ncc(C(=O)Nc4ccnc(F)c4)n3n2)CC1. The second-order valence-electron chi connectivity index (χ2n) is 9.92. The number of anilines is 3. The Morgan fingerprint density at radius 3 is 2.39 bits per heavy atom. The summed E-state index contributed by atoms with van der Waals surface area (Å²) in [5.41, 5.74) is 1.90. The average Bonchev–Trinajstić information content (AvgIpc) is 3.55. The van der Waals surface area contributed by atoms with Crippen LogP contribution in [0.25, 0.3) is 5.65 Å². The largest absolute Gasteiger partial charge is 0.379 e. The van der Waals surface area contributed by atoms with E-state index in [-0.39, 0.29) is 29.6 Å². The third-order valence-corrected chi connectivity index (χ3v) is 6.57. The smallest absolute Gasteiger partial charge is 0.276 e. The number of carbonyl (C=O) groups is 2. The Kier molecular flexibility index (Phi) is 6.71. The summed E-state index contributed by atoms with van der Waals surface area (Å²) in [6.45, 7) is 3.80. The van der Waals surface area contributed by atoms with Crippen molar-refractivity contribution in [1.82, 2.24) is 24.9 Å². The summed E-state index contributed by atoms with van der Waals surface area (Å²) in [5, 5.41) is 17.5. The first-order chi connectivity index (χ1) is 17.4. The number of nitrogens with one attached hydrogen (secondary N) is 4. The molecule has 0 aromatic carbocycles. The van der Waals surface area contributed by atoms with E-state index in [0.717, 1.165) is 50.3 Å². The van der Waals surface area contributed by atoms with Gasteiger partial charge in [0, 0.05) is 48.1 Å². The van der Waals surface area contributed by atoms with Gasteiger partial charge in [-0.25, -0.2) is 14.5 Å². The third-order valence-electron chi connectivity index (χ3n) is 6.57. The van der Waals surface area contributed by atoms with Crippen molar-refractivity contribution in [2.24, 2.45) is 5.92 Å². The summed E-state index contributed by atoms with van der Waals surface area (Å²) in [4.78, 5) is 33.0. The zero-order valence-corrected chi connectivity index (χ0v) is 20.4. The van der Waals surface area contributed by atoms with Gasteiger partial charge >= 0.3 is 0 Å². The molecule has 190 valence electrons. The molecule has 0 bridgehead atoms. The minimum atomic E-state index is -0.676. The lowest BCUT2D eigenvalue weighted by atomic mass is 9.91. The van der Waals surface area contributed by atoms with Crippen molar-refractivity contribution in [3.63, 3.8) is 0 Å². The van der Waals surface area contributed by atoms with Gasteiger partial charge in [-0.3, -0.25) is 9.59 Å². The van der Waals surface area contributed by atoms with Crippen LogP contribution >= 0.6 is 0 Å². The maximum absolute atomic E-state index is 13.5. The molecule has 0 unspecified atom stereocenters. The molecule has 36 heavy (non-hydrogen) atoms. The molecule has 0 spiro atoms. The summed E-state index contributed by atoms with van der Waals surface area (Å²) in [7, 11) is 0. The lowest BCUT2D eigenvalue weighted by Gasteiger charge is -2.30. The average molecular weight is 495 g/mol. The Morgan fingerprint density at radius 1 is 1.00 bits per heavy atom. The minimum absolute atomic E-state index is 0.0201. The topological polar surface area (TPSA) is 125 Å². The highest BCUT2D eigenvalue weighted by atomic mass is 19.1. The maximum atomic E-state index is 13.5. The summed E-state index contributed by atoms with van der Waals surface area (Å²) in [6.07, 6.45) is 8.54. The molecule has 3 aromatic rings. The second-order valence-corrected chi connectivity index (χ2v) is 9.92. The molecule has 11 heteroatoms. The Bertz CT molecular complexity index is 1260. The predicted molar refractivity (Wildman–Crippen MR) is 134 cm³/mol. The maximum Gasteiger partial charge on any atom is 0.276 e. The summed E-state index contributed by atoms with van der Waals surface area (Å²) in [5.74, 6) is -0.410. The molecule has 2 saturated carbocycles. The number of rotatable bonds is 8. The van der Waals surface area contributed by atoms with E-state index in [1.54, 1.807) is 0 Å². The van der Waals surface area contributed by atoms with Crippen LogP contribution in [0.3, 0.4) is 0 Å². The standard InChI is InChI=1S/C25H31FN8O2/c1-14(2)24(35)31-17-7-5-16(6-8-17)30-22-12-19(29-15-3-4-15)23-28-13-20(34(23)33-22)25(36)32-18-9-10-27-21(26)11-18/h9-17,29H,3-8H2,1-2H3,(H,30,33)(H,31,35)(H,27,32,36)/t16-,17-. The number of nitrogens with zero attached hydrogens (tertiary/aromatic N) is 4. The number of amides is 2. The number of halogens is 1. The second kappa shape index (κ2) is 10.1. The highest BCUT2D eigenvalue weighted by molar-refractivity contribution is 6.03. The van der Waals surface area contributed by atoms with Crippen LogP contribution in [0.1, 0.15) is 62.9 Å². The predicted octanol–water partition coefficient (Wildman–Crippen LogP) is 3.59. The van der Waals surface area contributed by atoms with Crippen molar-refractivity contribution in [3.05, 3.63) is 42.2 Å². The zero-order valence-electron chi connectivity index (χ0n) is 20.4. The molecular weight excluding hydrogens is 463 g/mol. The van der Waals surface area contributed by atoms with Crippen LogP contribution in [-0.4, -0.2) is 49.5 Å². The first-order valence-electron chi connectivity index (χ1n) is 12.5. The number of hydrogen-bond donors (Lipinski definition) is 4. The molecule has 2 aliphatic rings. The van der Waals surface area contributed by atoms with Gasteiger partial charge in [0.15, 0.2) is 11.3 Å². The highest BCUT2D eigenvalue weighted by Gasteiger charge is 2.26. The molecule has 2 amide bonds. The third kappa shape index (κ3) is 5.55. The Hall–Kier alpha value is -3.76. The van der Waals surface area contributed by atoms with E-state index in [1.165, 1.54) is 23.0 Å². The van der Waals surface area contributed by atoms with Gasteiger partial charge in [-0.2, -0.15) is 4.39 Å². The molecule has 0 aliphatic heterocycles. The summed E-state index contributed by atoms with van der Waals surface area (Å²) < 4.78 is 15.0. The quantitative estimate of drug-likeness (QED) is 0.353. The molecule has 0 radical (unpaired) electrons. The minimum Gasteiger partial charge on any atom is -0.379 e. The van der Waals surface area contributed by atoms with E-state index in [0.29, 0.717) is 23.2 Å². The molecule has 2 aliphatic carbocycles. The van der Waals surface area contributed by atoms with Crippen molar-refractivity contribution in [2.45, 2.75) is 70.5 Å². The van der Waals surface area contributed by atoms with Crippen molar-refractivity contribution in [1.29, 1.82) is 0 Å². The molecule has 0 atom stereocenters. The van der Waals surface area contributed by atoms with Crippen LogP contribution in [-0.2, 0) is 4.79 Å². The molecule has 3 heterocycles. The van der Waals surface area contributed by atoms with Crippen molar-refractivity contribution >= 4 is 34.7 Å². The van der Waals surface area contributed by atoms with Crippen molar-refractivity contribution in [3.8, 4) is 0 Å². The van der Waals surface area contributed by atoms with Crippen LogP contribution in [0.5, 0.6) is 0 Å². The fraction of sp³-hybridized carbons (Fsp3) is 0.480. The fourth-order valence-corrected chi connectivity index (χ4v) is 4.38. The molecule has 2 fully saturated rings. The van der Waals surface area contributed by atoms with E-state index < -0.39 is 11.9 Å². The van der Waals surface area contributed by atoms with E-state index in [2.05, 4.69) is 36.3 Å². The van der Waals surface area contributed by atoms with E-state index in [1.807, 2.05) is 19.9 Å².